The molecule has 0 aliphatic carbocycles. The zero-order chi connectivity index (χ0) is 23.5. The van der Waals surface area contributed by atoms with E-state index in [0.717, 1.165) is 17.0 Å². The van der Waals surface area contributed by atoms with Crippen LogP contribution in [-0.2, 0) is 14.3 Å². The lowest BCUT2D eigenvalue weighted by molar-refractivity contribution is -0.134. The van der Waals surface area contributed by atoms with Gasteiger partial charge in [0.05, 0.1) is 5.00 Å². The number of rotatable bonds is 5. The van der Waals surface area contributed by atoms with E-state index in [4.69, 9.17) is 4.74 Å². The lowest BCUT2D eigenvalue weighted by atomic mass is 9.96. The van der Waals surface area contributed by atoms with E-state index in [-0.39, 0.29) is 24.2 Å². The summed E-state index contributed by atoms with van der Waals surface area (Å²) in [4.78, 5) is 41.2. The number of nitrogens with zero attached hydrogens (tertiary/aromatic N) is 2. The second-order valence-corrected chi connectivity index (χ2v) is 9.80. The second kappa shape index (κ2) is 9.68. The van der Waals surface area contributed by atoms with Crippen LogP contribution in [0.15, 0.2) is 30.3 Å². The smallest absolute Gasteiger partial charge is 0.349 e. The van der Waals surface area contributed by atoms with E-state index in [2.05, 4.69) is 10.2 Å². The Bertz CT molecular complexity index is 990. The zero-order valence-electron chi connectivity index (χ0n) is 18.7. The maximum Gasteiger partial charge on any atom is 0.349 e. The molecule has 0 bridgehead atoms. The number of halogens is 1. The molecule has 0 spiro atoms. The van der Waals surface area contributed by atoms with Crippen molar-refractivity contribution in [2.75, 3.05) is 43.0 Å². The maximum absolute atomic E-state index is 13.1. The number of anilines is 2. The Morgan fingerprint density at radius 2 is 1.72 bits per heavy atom. The fraction of sp³-hybridized carbons (Fsp3) is 0.435. The summed E-state index contributed by atoms with van der Waals surface area (Å²) in [5.74, 6) is -1.27. The molecule has 1 aliphatic heterocycles. The number of benzene rings is 1. The summed E-state index contributed by atoms with van der Waals surface area (Å²) in [5, 5.41) is 3.37. The molecule has 1 N–H and O–H groups in total. The van der Waals surface area contributed by atoms with Gasteiger partial charge in [-0.05, 0) is 42.8 Å². The van der Waals surface area contributed by atoms with Gasteiger partial charge >= 0.3 is 5.97 Å². The quantitative estimate of drug-likeness (QED) is 0.687. The third-order valence-electron chi connectivity index (χ3n) is 5.17. The predicted molar refractivity (Wildman–Crippen MR) is 123 cm³/mol. The summed E-state index contributed by atoms with van der Waals surface area (Å²) >= 11 is 1.13. The topological polar surface area (TPSA) is 78.9 Å². The van der Waals surface area contributed by atoms with Crippen molar-refractivity contribution in [3.05, 3.63) is 46.6 Å². The number of aryl methyl sites for hydroxylation is 1. The van der Waals surface area contributed by atoms with Gasteiger partial charge in [-0.1, -0.05) is 20.8 Å². The number of hydrogen-bond acceptors (Lipinski definition) is 6. The van der Waals surface area contributed by atoms with E-state index in [9.17, 15) is 18.8 Å². The summed E-state index contributed by atoms with van der Waals surface area (Å²) in [6, 6.07) is 7.99. The fourth-order valence-electron chi connectivity index (χ4n) is 3.20. The monoisotopic (exact) mass is 461 g/mol. The third-order valence-corrected chi connectivity index (χ3v) is 6.30. The van der Waals surface area contributed by atoms with Crippen molar-refractivity contribution in [1.82, 2.24) is 4.90 Å². The van der Waals surface area contributed by atoms with Crippen LogP contribution in [0.25, 0.3) is 0 Å². The maximum atomic E-state index is 13.1. The van der Waals surface area contributed by atoms with Gasteiger partial charge in [0.25, 0.3) is 5.91 Å². The molecule has 2 aromatic rings. The summed E-state index contributed by atoms with van der Waals surface area (Å²) in [7, 11) is 0. The van der Waals surface area contributed by atoms with Crippen molar-refractivity contribution in [3.63, 3.8) is 0 Å². The van der Waals surface area contributed by atoms with Crippen LogP contribution >= 0.6 is 11.3 Å². The van der Waals surface area contributed by atoms with Crippen molar-refractivity contribution in [2.45, 2.75) is 27.7 Å². The van der Waals surface area contributed by atoms with Crippen LogP contribution < -0.4 is 10.2 Å². The molecule has 1 aliphatic rings. The molecule has 0 saturated carbocycles. The molecule has 1 saturated heterocycles. The highest BCUT2D eigenvalue weighted by Crippen LogP contribution is 2.29. The van der Waals surface area contributed by atoms with Crippen LogP contribution in [0.2, 0.25) is 0 Å². The molecular formula is C23H28FN3O4S. The Balaban J connectivity index is 1.49. The van der Waals surface area contributed by atoms with Gasteiger partial charge in [0, 0.05) is 37.3 Å². The van der Waals surface area contributed by atoms with Gasteiger partial charge in [-0.3, -0.25) is 9.59 Å². The van der Waals surface area contributed by atoms with Crippen LogP contribution in [0.5, 0.6) is 0 Å². The van der Waals surface area contributed by atoms with Crippen LogP contribution in [0.3, 0.4) is 0 Å². The molecule has 1 fully saturated rings. The van der Waals surface area contributed by atoms with Crippen molar-refractivity contribution < 1.29 is 23.5 Å². The van der Waals surface area contributed by atoms with Crippen molar-refractivity contribution >= 4 is 39.8 Å². The minimum absolute atomic E-state index is 0.145. The molecule has 9 heteroatoms. The Kier molecular flexibility index (Phi) is 7.18. The fourth-order valence-corrected chi connectivity index (χ4v) is 4.16. The summed E-state index contributed by atoms with van der Waals surface area (Å²) in [6.45, 7) is 9.07. The molecule has 1 aromatic carbocycles. The Morgan fingerprint density at radius 1 is 1.09 bits per heavy atom. The van der Waals surface area contributed by atoms with E-state index in [1.807, 2.05) is 20.8 Å². The SMILES string of the molecule is Cc1cc(NC(=O)C(C)(C)C)sc1C(=O)OCC(=O)N1CCN(c2ccc(F)cc2)CC1. The van der Waals surface area contributed by atoms with E-state index < -0.39 is 11.4 Å². The predicted octanol–water partition coefficient (Wildman–Crippen LogP) is 3.69. The van der Waals surface area contributed by atoms with Gasteiger partial charge in [0.1, 0.15) is 10.7 Å². The van der Waals surface area contributed by atoms with Gasteiger partial charge in [-0.25, -0.2) is 9.18 Å². The number of piperazine rings is 1. The van der Waals surface area contributed by atoms with Crippen molar-refractivity contribution in [1.29, 1.82) is 0 Å². The number of carbonyl (C=O) groups excluding carboxylic acids is 3. The first kappa shape index (κ1) is 23.7. The minimum atomic E-state index is -0.581. The van der Waals surface area contributed by atoms with Gasteiger partial charge in [0.2, 0.25) is 5.91 Å². The molecule has 0 radical (unpaired) electrons. The van der Waals surface area contributed by atoms with Gasteiger partial charge in [0.15, 0.2) is 6.61 Å². The van der Waals surface area contributed by atoms with Crippen LogP contribution in [0.4, 0.5) is 15.1 Å². The first-order chi connectivity index (χ1) is 15.0. The van der Waals surface area contributed by atoms with Crippen LogP contribution in [0.1, 0.15) is 36.0 Å². The van der Waals surface area contributed by atoms with Crippen LogP contribution in [-0.4, -0.2) is 55.5 Å². The lowest BCUT2D eigenvalue weighted by Gasteiger charge is -2.36. The highest BCUT2D eigenvalue weighted by molar-refractivity contribution is 7.18. The summed E-state index contributed by atoms with van der Waals surface area (Å²) in [6.07, 6.45) is 0. The molecule has 3 rings (SSSR count). The molecular weight excluding hydrogens is 433 g/mol. The highest BCUT2D eigenvalue weighted by Gasteiger charge is 2.25. The van der Waals surface area contributed by atoms with E-state index in [1.165, 1.54) is 12.1 Å². The van der Waals surface area contributed by atoms with E-state index >= 15 is 0 Å². The summed E-state index contributed by atoms with van der Waals surface area (Å²) < 4.78 is 18.3. The average molecular weight is 462 g/mol. The number of carbonyl (C=O) groups is 3. The number of hydrogen-bond donors (Lipinski definition) is 1. The number of ether oxygens (including phenoxy) is 1. The first-order valence-corrected chi connectivity index (χ1v) is 11.2. The second-order valence-electron chi connectivity index (χ2n) is 8.75. The molecule has 2 heterocycles. The molecule has 172 valence electrons. The van der Waals surface area contributed by atoms with Gasteiger partial charge in [-0.2, -0.15) is 0 Å². The van der Waals surface area contributed by atoms with E-state index in [0.29, 0.717) is 41.6 Å². The number of thiophene rings is 1. The normalized spacial score (nSPS) is 14.3. The van der Waals surface area contributed by atoms with E-state index in [1.54, 1.807) is 30.0 Å². The minimum Gasteiger partial charge on any atom is -0.451 e. The average Bonchev–Trinajstić information content (AvgIpc) is 3.12. The van der Waals surface area contributed by atoms with Crippen molar-refractivity contribution in [3.8, 4) is 0 Å². The van der Waals surface area contributed by atoms with Gasteiger partial charge in [-0.15, -0.1) is 11.3 Å². The molecule has 1 aromatic heterocycles. The number of amides is 2. The number of nitrogens with one attached hydrogen (secondary N) is 1. The molecule has 0 atom stereocenters. The Labute approximate surface area is 191 Å². The summed E-state index contributed by atoms with van der Waals surface area (Å²) in [5.41, 5.74) is 1.04. The standard InChI is InChI=1S/C23H28FN3O4S/c1-15-13-18(25-22(30)23(2,3)4)32-20(15)21(29)31-14-19(28)27-11-9-26(10-12-27)17-7-5-16(24)6-8-17/h5-8,13H,9-12,14H2,1-4H3,(H,25,30). The molecule has 0 unspecified atom stereocenters. The highest BCUT2D eigenvalue weighted by atomic mass is 32.1. The third kappa shape index (κ3) is 5.85. The largest absolute Gasteiger partial charge is 0.451 e. The van der Waals surface area contributed by atoms with Crippen molar-refractivity contribution in [2.24, 2.45) is 5.41 Å². The molecule has 32 heavy (non-hydrogen) atoms. The zero-order valence-corrected chi connectivity index (χ0v) is 19.6. The van der Waals surface area contributed by atoms with Crippen LogP contribution in [0, 0.1) is 18.2 Å². The number of esters is 1. The Morgan fingerprint density at radius 3 is 2.31 bits per heavy atom. The molecule has 2 amide bonds. The Hall–Kier alpha value is -2.94. The molecule has 7 nitrogen and oxygen atoms in total. The first-order valence-electron chi connectivity index (χ1n) is 10.4. The lowest BCUT2D eigenvalue weighted by Crippen LogP contribution is -2.49. The van der Waals surface area contributed by atoms with Gasteiger partial charge < -0.3 is 19.9 Å².